The SMILES string of the molecule is O=C(O[C@@H]1[C@@H](c2c(O)cc(O)c3c2O[C@H](c2ccc(O)c(O)c2)[C@@H](OC(=O)c2cc(O)c(O)c(O)c2)C3)c2c(O)cc(O)c([C@H]3c4c(O)cc(O)c([C@H]5c6c(O)cc(O)c([C@@H]7c8c(O)cc(O)cc8O[C@H](c8ccc(O)c(O)c8)[C@H]7OC(=O)c7cc(O)c(O)c(O)c7)c6O[C@H](c6cc(O)c(O)c(O)c6)[C@@H]5O)c4O[C@H](c4ccc(O)c(O)c4)[C@@H]3O)c2O[C@@H]1c1cc(O)c(O)c(O)c1)c1cc(O)c(O)c(O)c1. The van der Waals surface area contributed by atoms with Gasteiger partial charge < -0.3 is 206 Å². The fraction of sp³-hybridized carbons (Fsp3) is 0.156. The summed E-state index contributed by atoms with van der Waals surface area (Å²) < 4.78 is 52.4. The summed E-state index contributed by atoms with van der Waals surface area (Å²) in [5, 5.41) is 386. The van der Waals surface area contributed by atoms with Crippen molar-refractivity contribution in [1.29, 1.82) is 0 Å². The summed E-state index contributed by atoms with van der Waals surface area (Å²) in [5.41, 5.74) is -12.7. The van der Waals surface area contributed by atoms with Crippen molar-refractivity contribution >= 4 is 17.9 Å². The molecule has 0 saturated carbocycles. The van der Waals surface area contributed by atoms with Crippen LogP contribution in [0.4, 0.5) is 0 Å². The quantitative estimate of drug-likeness (QED) is 0.0258. The summed E-state index contributed by atoms with van der Waals surface area (Å²) >= 11 is 0. The van der Waals surface area contributed by atoms with E-state index in [1.807, 2.05) is 0 Å². The first-order chi connectivity index (χ1) is 66.3. The van der Waals surface area contributed by atoms with Gasteiger partial charge in [0.05, 0.1) is 40.4 Å². The van der Waals surface area contributed by atoms with E-state index in [4.69, 9.17) is 37.9 Å². The summed E-state index contributed by atoms with van der Waals surface area (Å²) in [6, 6.07) is 18.2. The van der Waals surface area contributed by atoms with E-state index in [1.165, 1.54) is 0 Å². The highest BCUT2D eigenvalue weighted by atomic mass is 16.6. The molecule has 722 valence electrons. The average molecular weight is 1930 g/mol. The van der Waals surface area contributed by atoms with Crippen LogP contribution in [0.3, 0.4) is 0 Å². The first kappa shape index (κ1) is 91.5. The number of carbonyl (C=O) groups excluding carboxylic acids is 3. The minimum Gasteiger partial charge on any atom is -0.508 e. The molecule has 0 spiro atoms. The van der Waals surface area contributed by atoms with Crippen molar-refractivity contribution in [2.24, 2.45) is 0 Å². The molecule has 0 fully saturated rings. The number of aliphatic hydroxyl groups excluding tert-OH is 2. The van der Waals surface area contributed by atoms with Gasteiger partial charge in [0.15, 0.2) is 163 Å². The second-order valence-corrected chi connectivity index (χ2v) is 33.3. The molecule has 0 aromatic heterocycles. The Kier molecular flexibility index (Phi) is 21.9. The number of phenols is 31. The number of benzene rings is 13. The Morgan fingerprint density at radius 2 is 0.493 bits per heavy atom. The van der Waals surface area contributed by atoms with Crippen molar-refractivity contribution in [3.05, 3.63) is 246 Å². The Labute approximate surface area is 779 Å². The van der Waals surface area contributed by atoms with Crippen LogP contribution in [0.15, 0.2) is 152 Å². The third-order valence-electron chi connectivity index (χ3n) is 24.9. The minimum atomic E-state index is -2.66. The van der Waals surface area contributed by atoms with E-state index in [9.17, 15) is 173 Å². The number of hydrogen-bond donors (Lipinski definition) is 33. The first-order valence-corrected chi connectivity index (χ1v) is 41.3. The molecule has 33 N–H and O–H groups in total. The molecule has 140 heavy (non-hydrogen) atoms. The summed E-state index contributed by atoms with van der Waals surface area (Å²) in [4.78, 5) is 44.8. The molecular weight excluding hydrogens is 1860 g/mol. The maximum Gasteiger partial charge on any atom is 0.338 e. The highest BCUT2D eigenvalue weighted by Gasteiger charge is 2.58. The van der Waals surface area contributed by atoms with E-state index >= 15 is 9.59 Å². The Morgan fingerprint density at radius 1 is 0.229 bits per heavy atom. The number of hydrogen-bond acceptors (Lipinski definition) is 44. The van der Waals surface area contributed by atoms with Gasteiger partial charge in [0.1, 0.15) is 105 Å². The average Bonchev–Trinajstić information content (AvgIpc) is 0.695. The van der Waals surface area contributed by atoms with Crippen LogP contribution in [0, 0.1) is 0 Å². The van der Waals surface area contributed by atoms with Crippen molar-refractivity contribution in [3.63, 3.8) is 0 Å². The monoisotopic (exact) mass is 1930 g/mol. The number of esters is 3. The number of phenolic OH excluding ortho intramolecular Hbond substituents is 31. The summed E-state index contributed by atoms with van der Waals surface area (Å²) in [5.74, 6) is -53.9. The number of fused-ring (bicyclic) bond motifs is 5. The van der Waals surface area contributed by atoms with Gasteiger partial charge in [-0.3, -0.25) is 0 Å². The van der Waals surface area contributed by atoms with Crippen LogP contribution in [0.1, 0.15) is 163 Å². The topological polar surface area (TPSA) is 793 Å². The highest BCUT2D eigenvalue weighted by Crippen LogP contribution is 2.69. The summed E-state index contributed by atoms with van der Waals surface area (Å²) in [7, 11) is 0. The third-order valence-corrected chi connectivity index (χ3v) is 24.9. The second-order valence-electron chi connectivity index (χ2n) is 33.3. The standard InChI is InChI=1S/C96H74O44/c97-35-20-44(105)64-62(21-35)133-86(29-3-6-39(100)43(104)9-29)92(139-95(131)33-16-58(119)79(126)59(120)17-33)74(64)70-50(111)25-48(109)67-73(82(129)85(137-90(67)70)30-10-52(113)76(123)53(114)11-30)66-47(108)24-46(107)65-72(81(128)84(136-89(65)66)28-2-5-38(99)42(103)8-28)68-49(110)26-51(112)71-75(93(140-96(132)34-18-60(121)80(127)61(122)19-34)87(138-91(68)71)31-12-54(115)77(124)55(116)13-31)69-45(106)23-40(101)36-22-63(134-94(130)32-14-56(117)78(125)57(118)15-32)83(135-88(36)69)27-1-4-37(98)41(102)7-27/h1-21,23-26,63,72-75,81-87,92-93,97-129H,22H2/t63-,72+,73-,74-,75-,81+,82+,83+,84+,85+,86+,87+,92-,93+/m0/s1. The molecule has 0 bridgehead atoms. The molecule has 0 unspecified atom stereocenters. The zero-order valence-corrected chi connectivity index (χ0v) is 70.5. The van der Waals surface area contributed by atoms with Crippen LogP contribution in [0.25, 0.3) is 0 Å². The van der Waals surface area contributed by atoms with Gasteiger partial charge >= 0.3 is 17.9 Å². The molecule has 0 saturated heterocycles. The van der Waals surface area contributed by atoms with E-state index in [0.29, 0.717) is 91.0 Å². The molecule has 5 heterocycles. The van der Waals surface area contributed by atoms with E-state index in [-0.39, 0.29) is 11.1 Å². The van der Waals surface area contributed by atoms with E-state index in [1.54, 1.807) is 0 Å². The van der Waals surface area contributed by atoms with Crippen LogP contribution in [-0.2, 0) is 20.6 Å². The molecule has 44 heteroatoms. The Hall–Kier alpha value is -19.0. The molecule has 0 amide bonds. The van der Waals surface area contributed by atoms with Crippen LogP contribution >= 0.6 is 0 Å². The second kappa shape index (κ2) is 33.6. The van der Waals surface area contributed by atoms with Crippen LogP contribution in [-0.4, -0.2) is 217 Å². The molecule has 18 rings (SSSR count). The van der Waals surface area contributed by atoms with E-state index in [0.717, 1.165) is 60.7 Å². The lowest BCUT2D eigenvalue weighted by atomic mass is 9.71. The minimum absolute atomic E-state index is 0.284. The number of ether oxygens (including phenoxy) is 8. The van der Waals surface area contributed by atoms with Gasteiger partial charge in [-0.25, -0.2) is 14.4 Å². The van der Waals surface area contributed by atoms with Gasteiger partial charge in [0.25, 0.3) is 0 Å². The van der Waals surface area contributed by atoms with E-state index in [2.05, 4.69) is 0 Å². The van der Waals surface area contributed by atoms with Gasteiger partial charge in [-0.1, -0.05) is 18.2 Å². The zero-order valence-electron chi connectivity index (χ0n) is 70.5. The lowest BCUT2D eigenvalue weighted by Gasteiger charge is -2.45. The number of aliphatic hydroxyl groups is 2. The number of aromatic hydroxyl groups is 31. The predicted molar refractivity (Wildman–Crippen MR) is 463 cm³/mol. The van der Waals surface area contributed by atoms with Crippen molar-refractivity contribution in [3.8, 4) is 207 Å². The highest BCUT2D eigenvalue weighted by molar-refractivity contribution is 5.93. The van der Waals surface area contributed by atoms with Crippen LogP contribution < -0.4 is 23.7 Å². The predicted octanol–water partition coefficient (Wildman–Crippen LogP) is 9.70. The van der Waals surface area contributed by atoms with Crippen molar-refractivity contribution < 1.29 is 221 Å². The molecule has 13 aromatic rings. The molecule has 44 nitrogen and oxygen atoms in total. The van der Waals surface area contributed by atoms with Gasteiger partial charge in [0, 0.05) is 115 Å². The van der Waals surface area contributed by atoms with Crippen molar-refractivity contribution in [2.45, 2.75) is 91.1 Å². The summed E-state index contributed by atoms with van der Waals surface area (Å²) in [6.45, 7) is 0. The van der Waals surface area contributed by atoms with Crippen LogP contribution in [0.5, 0.6) is 207 Å². The van der Waals surface area contributed by atoms with Gasteiger partial charge in [-0.2, -0.15) is 0 Å². The number of rotatable bonds is 15. The smallest absolute Gasteiger partial charge is 0.338 e. The van der Waals surface area contributed by atoms with Gasteiger partial charge in [-0.15, -0.1) is 0 Å². The maximum atomic E-state index is 15.4. The largest absolute Gasteiger partial charge is 0.508 e. The maximum absolute atomic E-state index is 15.4. The zero-order chi connectivity index (χ0) is 100. The molecule has 13 aromatic carbocycles. The van der Waals surface area contributed by atoms with Gasteiger partial charge in [0.2, 0.25) is 0 Å². The lowest BCUT2D eigenvalue weighted by molar-refractivity contribution is -0.0318. The molecule has 5 aliphatic heterocycles. The van der Waals surface area contributed by atoms with Crippen molar-refractivity contribution in [2.75, 3.05) is 0 Å². The summed E-state index contributed by atoms with van der Waals surface area (Å²) in [6.07, 6.45) is -24.2. The Balaban J connectivity index is 0.920. The van der Waals surface area contributed by atoms with Crippen molar-refractivity contribution in [1.82, 2.24) is 0 Å². The molecule has 0 aliphatic carbocycles. The lowest BCUT2D eigenvalue weighted by Crippen LogP contribution is -2.42. The normalized spacial score (nSPS) is 20.9. The molecular formula is C96H74O44. The Morgan fingerprint density at radius 3 is 0.857 bits per heavy atom. The Bertz CT molecular complexity index is 7320. The first-order valence-electron chi connectivity index (χ1n) is 41.3. The molecule has 5 aliphatic rings. The number of carbonyl (C=O) groups is 3. The fourth-order valence-electron chi connectivity index (χ4n) is 18.6. The molecule has 14 atom stereocenters. The molecule has 0 radical (unpaired) electrons. The fourth-order valence-corrected chi connectivity index (χ4v) is 18.6. The van der Waals surface area contributed by atoms with E-state index < -0.39 is 399 Å². The van der Waals surface area contributed by atoms with Gasteiger partial charge in [-0.05, 0) is 103 Å². The third kappa shape index (κ3) is 15.0. The van der Waals surface area contributed by atoms with Crippen LogP contribution in [0.2, 0.25) is 0 Å².